The first-order chi connectivity index (χ1) is 18.7. The number of amides is 1. The molecule has 1 N–H and O–H groups in total. The number of nitrogens with one attached hydrogen (secondary N) is 1. The Kier molecular flexibility index (Phi) is 10.5. The van der Waals surface area contributed by atoms with E-state index in [0.29, 0.717) is 23.4 Å². The van der Waals surface area contributed by atoms with Crippen LogP contribution in [-0.4, -0.2) is 37.3 Å². The van der Waals surface area contributed by atoms with Gasteiger partial charge in [-0.15, -0.1) is 0 Å². The van der Waals surface area contributed by atoms with Crippen molar-refractivity contribution in [3.63, 3.8) is 0 Å². The summed E-state index contributed by atoms with van der Waals surface area (Å²) in [5.41, 5.74) is 2.92. The molecule has 10 heteroatoms. The lowest BCUT2D eigenvalue weighted by Gasteiger charge is -2.13. The summed E-state index contributed by atoms with van der Waals surface area (Å²) < 4.78 is 48.8. The quantitative estimate of drug-likeness (QED) is 0.192. The number of aryl methyl sites for hydroxylation is 1. The molecule has 0 aromatic heterocycles. The number of carbonyl (C=O) groups is 2. The molecule has 206 valence electrons. The fourth-order valence-corrected chi connectivity index (χ4v) is 3.52. The standard InChI is InChI=1S/C29H29F3N2O5/c1-3-37-28(36)17-33-27(35)19-38-26-14-11-23(15-20(26)2)25(16-21-7-5-4-6-8-21)34-39-18-22-9-12-24(13-10-22)29(30,31)32/h4-15H,3,16-19H2,1-2H3,(H,33,35)/b34-25+. The number of benzene rings is 3. The first-order valence-corrected chi connectivity index (χ1v) is 12.2. The second-order valence-electron chi connectivity index (χ2n) is 8.52. The lowest BCUT2D eigenvalue weighted by Crippen LogP contribution is -2.34. The van der Waals surface area contributed by atoms with Crippen LogP contribution in [0.15, 0.2) is 78.0 Å². The summed E-state index contributed by atoms with van der Waals surface area (Å²) in [5, 5.41) is 6.73. The van der Waals surface area contributed by atoms with Crippen molar-refractivity contribution in [1.29, 1.82) is 0 Å². The van der Waals surface area contributed by atoms with Crippen molar-refractivity contribution in [2.75, 3.05) is 19.8 Å². The third-order valence-electron chi connectivity index (χ3n) is 5.50. The molecule has 0 radical (unpaired) electrons. The topological polar surface area (TPSA) is 86.2 Å². The largest absolute Gasteiger partial charge is 0.484 e. The van der Waals surface area contributed by atoms with Crippen LogP contribution in [0.4, 0.5) is 13.2 Å². The van der Waals surface area contributed by atoms with Crippen molar-refractivity contribution < 1.29 is 37.1 Å². The molecule has 0 saturated carbocycles. The predicted molar refractivity (Wildman–Crippen MR) is 139 cm³/mol. The highest BCUT2D eigenvalue weighted by atomic mass is 19.4. The predicted octanol–water partition coefficient (Wildman–Crippen LogP) is 5.24. The van der Waals surface area contributed by atoms with E-state index in [0.717, 1.165) is 28.8 Å². The monoisotopic (exact) mass is 542 g/mol. The molecule has 3 aromatic rings. The third kappa shape index (κ3) is 9.48. The van der Waals surface area contributed by atoms with Crippen molar-refractivity contribution >= 4 is 17.6 Å². The molecule has 39 heavy (non-hydrogen) atoms. The third-order valence-corrected chi connectivity index (χ3v) is 5.50. The highest BCUT2D eigenvalue weighted by molar-refractivity contribution is 6.01. The van der Waals surface area contributed by atoms with Gasteiger partial charge in [0.1, 0.15) is 18.9 Å². The summed E-state index contributed by atoms with van der Waals surface area (Å²) in [6.07, 6.45) is -3.95. The van der Waals surface area contributed by atoms with Gasteiger partial charge < -0.3 is 19.6 Å². The maximum atomic E-state index is 12.8. The summed E-state index contributed by atoms with van der Waals surface area (Å²) in [4.78, 5) is 28.9. The van der Waals surface area contributed by atoms with E-state index in [2.05, 4.69) is 10.5 Å². The molecule has 7 nitrogen and oxygen atoms in total. The summed E-state index contributed by atoms with van der Waals surface area (Å²) in [6.45, 7) is 3.21. The number of hydrogen-bond donors (Lipinski definition) is 1. The summed E-state index contributed by atoms with van der Waals surface area (Å²) in [6, 6.07) is 19.7. The highest BCUT2D eigenvalue weighted by Crippen LogP contribution is 2.29. The van der Waals surface area contributed by atoms with Crippen LogP contribution >= 0.6 is 0 Å². The zero-order valence-corrected chi connectivity index (χ0v) is 21.6. The van der Waals surface area contributed by atoms with Gasteiger partial charge in [0.2, 0.25) is 0 Å². The molecular weight excluding hydrogens is 513 g/mol. The van der Waals surface area contributed by atoms with Gasteiger partial charge in [-0.3, -0.25) is 9.59 Å². The zero-order valence-electron chi connectivity index (χ0n) is 21.6. The van der Waals surface area contributed by atoms with Gasteiger partial charge >= 0.3 is 12.1 Å². The van der Waals surface area contributed by atoms with Gasteiger partial charge in [0.15, 0.2) is 6.61 Å². The molecule has 0 heterocycles. The molecule has 3 aromatic carbocycles. The number of oxime groups is 1. The number of hydrogen-bond acceptors (Lipinski definition) is 6. The Morgan fingerprint density at radius 3 is 2.31 bits per heavy atom. The highest BCUT2D eigenvalue weighted by Gasteiger charge is 2.29. The van der Waals surface area contributed by atoms with E-state index in [1.54, 1.807) is 19.1 Å². The van der Waals surface area contributed by atoms with E-state index >= 15 is 0 Å². The molecule has 0 unspecified atom stereocenters. The Morgan fingerprint density at radius 2 is 1.67 bits per heavy atom. The minimum absolute atomic E-state index is 0.00247. The van der Waals surface area contributed by atoms with Gasteiger partial charge in [-0.05, 0) is 60.9 Å². The van der Waals surface area contributed by atoms with Crippen LogP contribution in [0.1, 0.15) is 34.7 Å². The lowest BCUT2D eigenvalue weighted by atomic mass is 10.0. The van der Waals surface area contributed by atoms with Crippen LogP contribution in [0.2, 0.25) is 0 Å². The summed E-state index contributed by atoms with van der Waals surface area (Å²) in [5.74, 6) is -0.513. The first-order valence-electron chi connectivity index (χ1n) is 12.2. The molecule has 0 aliphatic carbocycles. The van der Waals surface area contributed by atoms with Crippen molar-refractivity contribution in [2.24, 2.45) is 5.16 Å². The van der Waals surface area contributed by atoms with E-state index in [9.17, 15) is 22.8 Å². The second kappa shape index (κ2) is 14.0. The molecule has 0 aliphatic heterocycles. The molecule has 0 bridgehead atoms. The maximum Gasteiger partial charge on any atom is 0.416 e. The van der Waals surface area contributed by atoms with Crippen molar-refractivity contribution in [2.45, 2.75) is 33.1 Å². The Morgan fingerprint density at radius 1 is 0.949 bits per heavy atom. The zero-order chi connectivity index (χ0) is 28.3. The SMILES string of the molecule is CCOC(=O)CNC(=O)COc1ccc(/C(Cc2ccccc2)=N/OCc2ccc(C(F)(F)F)cc2)cc1C. The normalized spacial score (nSPS) is 11.6. The Hall–Kier alpha value is -4.34. The smallest absolute Gasteiger partial charge is 0.416 e. The van der Waals surface area contributed by atoms with Gasteiger partial charge in [-0.1, -0.05) is 47.6 Å². The minimum Gasteiger partial charge on any atom is -0.484 e. The van der Waals surface area contributed by atoms with Crippen LogP contribution in [0.3, 0.4) is 0 Å². The summed E-state index contributed by atoms with van der Waals surface area (Å²) >= 11 is 0. The number of esters is 1. The van der Waals surface area contributed by atoms with Crippen LogP contribution in [0.5, 0.6) is 5.75 Å². The fraction of sp³-hybridized carbons (Fsp3) is 0.276. The molecular formula is C29H29F3N2O5. The van der Waals surface area contributed by atoms with E-state index in [1.165, 1.54) is 12.1 Å². The van der Waals surface area contributed by atoms with Crippen molar-refractivity contribution in [1.82, 2.24) is 5.32 Å². The average Bonchev–Trinajstić information content (AvgIpc) is 2.91. The molecule has 0 aliphatic rings. The Labute approximate surface area is 224 Å². The van der Waals surface area contributed by atoms with E-state index < -0.39 is 23.6 Å². The number of halogens is 3. The number of carbonyl (C=O) groups excluding carboxylic acids is 2. The number of rotatable bonds is 12. The van der Waals surface area contributed by atoms with E-state index in [4.69, 9.17) is 14.3 Å². The van der Waals surface area contributed by atoms with E-state index in [-0.39, 0.29) is 26.4 Å². The molecule has 0 saturated heterocycles. The molecule has 0 spiro atoms. The molecule has 0 atom stereocenters. The second-order valence-corrected chi connectivity index (χ2v) is 8.52. The number of nitrogens with zero attached hydrogens (tertiary/aromatic N) is 1. The molecule has 0 fully saturated rings. The fourth-order valence-electron chi connectivity index (χ4n) is 3.52. The van der Waals surface area contributed by atoms with Gasteiger partial charge in [-0.2, -0.15) is 13.2 Å². The summed E-state index contributed by atoms with van der Waals surface area (Å²) in [7, 11) is 0. The van der Waals surface area contributed by atoms with Crippen molar-refractivity contribution in [3.05, 3.63) is 101 Å². The van der Waals surface area contributed by atoms with Crippen molar-refractivity contribution in [3.8, 4) is 5.75 Å². The van der Waals surface area contributed by atoms with Gasteiger partial charge in [0.25, 0.3) is 5.91 Å². The molecule has 1 amide bonds. The lowest BCUT2D eigenvalue weighted by molar-refractivity contribution is -0.143. The minimum atomic E-state index is -4.40. The van der Waals surface area contributed by atoms with Crippen LogP contribution < -0.4 is 10.1 Å². The van der Waals surface area contributed by atoms with Gasteiger partial charge in [0, 0.05) is 12.0 Å². The van der Waals surface area contributed by atoms with Gasteiger partial charge in [-0.25, -0.2) is 0 Å². The van der Waals surface area contributed by atoms with Crippen LogP contribution in [0, 0.1) is 6.92 Å². The maximum absolute atomic E-state index is 12.8. The van der Waals surface area contributed by atoms with Crippen LogP contribution in [0.25, 0.3) is 0 Å². The van der Waals surface area contributed by atoms with Crippen LogP contribution in [-0.2, 0) is 38.4 Å². The Bertz CT molecular complexity index is 1280. The molecule has 3 rings (SSSR count). The first kappa shape index (κ1) is 29.2. The number of ether oxygens (including phenoxy) is 2. The van der Waals surface area contributed by atoms with E-state index in [1.807, 2.05) is 43.3 Å². The average molecular weight is 543 g/mol. The van der Waals surface area contributed by atoms with Gasteiger partial charge in [0.05, 0.1) is 17.9 Å². The Balaban J connectivity index is 1.69. The number of alkyl halides is 3.